The number of halogens is 1. The summed E-state index contributed by atoms with van der Waals surface area (Å²) in [6.45, 7) is -0.0617. The average molecular weight is 228 g/mol. The highest BCUT2D eigenvalue weighted by molar-refractivity contribution is 6.30. The van der Waals surface area contributed by atoms with Crippen LogP contribution in [-0.4, -0.2) is 24.7 Å². The van der Waals surface area contributed by atoms with Gasteiger partial charge in [-0.25, -0.2) is 0 Å². The van der Waals surface area contributed by atoms with Crippen LogP contribution in [0.4, 0.5) is 0 Å². The third kappa shape index (κ3) is 3.53. The van der Waals surface area contributed by atoms with Crippen molar-refractivity contribution < 1.29 is 9.90 Å². The summed E-state index contributed by atoms with van der Waals surface area (Å²) in [5.74, 6) is -0.280. The van der Waals surface area contributed by atoms with Gasteiger partial charge in [-0.05, 0) is 17.7 Å². The number of benzene rings is 1. The number of aliphatic hydroxyl groups is 1. The second kappa shape index (κ2) is 5.73. The summed E-state index contributed by atoms with van der Waals surface area (Å²) >= 11 is 5.83. The highest BCUT2D eigenvalue weighted by Crippen LogP contribution is 2.22. The van der Waals surface area contributed by atoms with E-state index in [0.29, 0.717) is 5.02 Å². The van der Waals surface area contributed by atoms with Crippen LogP contribution < -0.4 is 5.32 Å². The maximum absolute atomic E-state index is 11.2. The molecule has 0 spiro atoms. The van der Waals surface area contributed by atoms with E-state index in [9.17, 15) is 9.90 Å². The summed E-state index contributed by atoms with van der Waals surface area (Å²) in [5, 5.41) is 12.3. The molecule has 0 saturated carbocycles. The van der Waals surface area contributed by atoms with Gasteiger partial charge in [-0.1, -0.05) is 23.7 Å². The predicted octanol–water partition coefficient (Wildman–Crippen LogP) is 1.55. The quantitative estimate of drug-likeness (QED) is 0.820. The lowest BCUT2D eigenvalue weighted by molar-refractivity contribution is -0.121. The molecule has 0 aliphatic rings. The first-order valence-corrected chi connectivity index (χ1v) is 5.12. The van der Waals surface area contributed by atoms with Crippen LogP contribution in [0.25, 0.3) is 0 Å². The van der Waals surface area contributed by atoms with Gasteiger partial charge in [-0.15, -0.1) is 0 Å². The van der Waals surface area contributed by atoms with Crippen LogP contribution in [0.1, 0.15) is 17.9 Å². The van der Waals surface area contributed by atoms with Crippen LogP contribution in [0.5, 0.6) is 0 Å². The summed E-state index contributed by atoms with van der Waals surface area (Å²) in [6.07, 6.45) is 0.271. The van der Waals surface area contributed by atoms with E-state index in [1.165, 1.54) is 0 Å². The molecule has 0 fully saturated rings. The molecular weight excluding hydrogens is 214 g/mol. The fourth-order valence-electron chi connectivity index (χ4n) is 1.37. The Morgan fingerprint density at radius 1 is 1.60 bits per heavy atom. The van der Waals surface area contributed by atoms with Crippen molar-refractivity contribution >= 4 is 17.5 Å². The monoisotopic (exact) mass is 227 g/mol. The minimum absolute atomic E-state index is 0.0617. The van der Waals surface area contributed by atoms with Crippen molar-refractivity contribution in [2.24, 2.45) is 0 Å². The van der Waals surface area contributed by atoms with Crippen molar-refractivity contribution in [2.75, 3.05) is 13.7 Å². The minimum atomic E-state index is -0.191. The van der Waals surface area contributed by atoms with Crippen LogP contribution in [-0.2, 0) is 4.79 Å². The molecular formula is C11H14ClNO2. The molecule has 0 bridgehead atoms. The van der Waals surface area contributed by atoms with Crippen molar-refractivity contribution in [3.63, 3.8) is 0 Å². The van der Waals surface area contributed by atoms with Gasteiger partial charge < -0.3 is 10.4 Å². The molecule has 1 rings (SSSR count). The van der Waals surface area contributed by atoms with Gasteiger partial charge in [-0.3, -0.25) is 4.79 Å². The SMILES string of the molecule is CNC(=O)CC(CO)c1cccc(Cl)c1. The zero-order chi connectivity index (χ0) is 11.3. The van der Waals surface area contributed by atoms with Gasteiger partial charge in [0, 0.05) is 24.4 Å². The smallest absolute Gasteiger partial charge is 0.220 e. The Hall–Kier alpha value is -1.06. The maximum atomic E-state index is 11.2. The Morgan fingerprint density at radius 2 is 2.33 bits per heavy atom. The number of hydrogen-bond donors (Lipinski definition) is 2. The van der Waals surface area contributed by atoms with Crippen LogP contribution >= 0.6 is 11.6 Å². The molecule has 1 aromatic rings. The van der Waals surface area contributed by atoms with Crippen LogP contribution in [0.3, 0.4) is 0 Å². The lowest BCUT2D eigenvalue weighted by atomic mass is 9.96. The molecule has 1 amide bonds. The largest absolute Gasteiger partial charge is 0.396 e. The first-order chi connectivity index (χ1) is 7.17. The summed E-state index contributed by atoms with van der Waals surface area (Å²) in [6, 6.07) is 7.20. The molecule has 4 heteroatoms. The van der Waals surface area contributed by atoms with E-state index in [1.54, 1.807) is 19.2 Å². The Labute approximate surface area is 94.1 Å². The average Bonchev–Trinajstić information content (AvgIpc) is 2.25. The van der Waals surface area contributed by atoms with E-state index in [1.807, 2.05) is 12.1 Å². The zero-order valence-electron chi connectivity index (χ0n) is 8.53. The summed E-state index contributed by atoms with van der Waals surface area (Å²) in [7, 11) is 1.58. The molecule has 0 heterocycles. The summed E-state index contributed by atoms with van der Waals surface area (Å²) < 4.78 is 0. The van der Waals surface area contributed by atoms with E-state index in [4.69, 9.17) is 11.6 Å². The second-order valence-corrected chi connectivity index (χ2v) is 3.75. The highest BCUT2D eigenvalue weighted by atomic mass is 35.5. The van der Waals surface area contributed by atoms with Crippen molar-refractivity contribution in [2.45, 2.75) is 12.3 Å². The van der Waals surface area contributed by atoms with Crippen LogP contribution in [0.2, 0.25) is 5.02 Å². The van der Waals surface area contributed by atoms with Gasteiger partial charge in [-0.2, -0.15) is 0 Å². The van der Waals surface area contributed by atoms with Crippen molar-refractivity contribution in [1.29, 1.82) is 0 Å². The fraction of sp³-hybridized carbons (Fsp3) is 0.364. The van der Waals surface area contributed by atoms with Gasteiger partial charge in [0.25, 0.3) is 0 Å². The molecule has 3 nitrogen and oxygen atoms in total. The van der Waals surface area contributed by atoms with Crippen LogP contribution in [0, 0.1) is 0 Å². The third-order valence-electron chi connectivity index (χ3n) is 2.25. The van der Waals surface area contributed by atoms with E-state index in [0.717, 1.165) is 5.56 Å². The molecule has 1 unspecified atom stereocenters. The molecule has 82 valence electrons. The molecule has 1 atom stereocenters. The number of hydrogen-bond acceptors (Lipinski definition) is 2. The first-order valence-electron chi connectivity index (χ1n) is 4.74. The van der Waals surface area contributed by atoms with Crippen LogP contribution in [0.15, 0.2) is 24.3 Å². The fourth-order valence-corrected chi connectivity index (χ4v) is 1.57. The van der Waals surface area contributed by atoms with E-state index in [2.05, 4.69) is 5.32 Å². The molecule has 1 aromatic carbocycles. The summed E-state index contributed by atoms with van der Waals surface area (Å²) in [4.78, 5) is 11.2. The van der Waals surface area contributed by atoms with Gasteiger partial charge in [0.05, 0.1) is 6.61 Å². The molecule has 0 aliphatic heterocycles. The van der Waals surface area contributed by atoms with Gasteiger partial charge in [0.15, 0.2) is 0 Å². The van der Waals surface area contributed by atoms with Crippen molar-refractivity contribution in [1.82, 2.24) is 5.32 Å². The molecule has 15 heavy (non-hydrogen) atoms. The molecule has 0 radical (unpaired) electrons. The number of nitrogens with one attached hydrogen (secondary N) is 1. The minimum Gasteiger partial charge on any atom is -0.396 e. The van der Waals surface area contributed by atoms with Crippen molar-refractivity contribution in [3.8, 4) is 0 Å². The normalized spacial score (nSPS) is 12.2. The molecule has 0 aliphatic carbocycles. The topological polar surface area (TPSA) is 49.3 Å². The Bertz CT molecular complexity index is 341. The van der Waals surface area contributed by atoms with Crippen molar-refractivity contribution in [3.05, 3.63) is 34.9 Å². The number of carbonyl (C=O) groups is 1. The number of carbonyl (C=O) groups excluding carboxylic acids is 1. The van der Waals surface area contributed by atoms with Gasteiger partial charge in [0.2, 0.25) is 5.91 Å². The molecule has 0 saturated heterocycles. The third-order valence-corrected chi connectivity index (χ3v) is 2.49. The Kier molecular flexibility index (Phi) is 4.59. The summed E-state index contributed by atoms with van der Waals surface area (Å²) in [5.41, 5.74) is 0.883. The first kappa shape index (κ1) is 12.0. The number of aliphatic hydroxyl groups excluding tert-OH is 1. The van der Waals surface area contributed by atoms with E-state index < -0.39 is 0 Å². The lowest BCUT2D eigenvalue weighted by Gasteiger charge is -2.13. The van der Waals surface area contributed by atoms with Gasteiger partial charge in [0.1, 0.15) is 0 Å². The van der Waals surface area contributed by atoms with E-state index >= 15 is 0 Å². The second-order valence-electron chi connectivity index (χ2n) is 3.31. The highest BCUT2D eigenvalue weighted by Gasteiger charge is 2.14. The predicted molar refractivity (Wildman–Crippen MR) is 60.0 cm³/mol. The Balaban J connectivity index is 2.78. The number of rotatable bonds is 4. The Morgan fingerprint density at radius 3 is 2.87 bits per heavy atom. The van der Waals surface area contributed by atoms with Gasteiger partial charge >= 0.3 is 0 Å². The standard InChI is InChI=1S/C11H14ClNO2/c1-13-11(15)6-9(7-14)8-3-2-4-10(12)5-8/h2-5,9,14H,6-7H2,1H3,(H,13,15). The maximum Gasteiger partial charge on any atom is 0.220 e. The molecule has 2 N–H and O–H groups in total. The molecule has 0 aromatic heterocycles. The number of amides is 1. The lowest BCUT2D eigenvalue weighted by Crippen LogP contribution is -2.21. The zero-order valence-corrected chi connectivity index (χ0v) is 9.29. The van der Waals surface area contributed by atoms with E-state index in [-0.39, 0.29) is 24.9 Å².